The predicted octanol–water partition coefficient (Wildman–Crippen LogP) is 4.45. The Morgan fingerprint density at radius 2 is 1.77 bits per heavy atom. The summed E-state index contributed by atoms with van der Waals surface area (Å²) in [6.45, 7) is 1.79. The highest BCUT2D eigenvalue weighted by Gasteiger charge is 2.16. The van der Waals surface area contributed by atoms with Crippen molar-refractivity contribution in [2.24, 2.45) is 0 Å². The van der Waals surface area contributed by atoms with Crippen LogP contribution in [0.2, 0.25) is 0 Å². The van der Waals surface area contributed by atoms with E-state index in [-0.39, 0.29) is 11.4 Å². The second-order valence-corrected chi connectivity index (χ2v) is 6.63. The molecule has 26 heavy (non-hydrogen) atoms. The fourth-order valence-electron chi connectivity index (χ4n) is 3.12. The molecule has 1 heterocycles. The molecule has 0 atom stereocenters. The van der Waals surface area contributed by atoms with E-state index in [9.17, 15) is 13.6 Å². The van der Waals surface area contributed by atoms with Crippen LogP contribution in [0.4, 0.5) is 20.4 Å². The molecular weight excluding hydrogens is 338 g/mol. The van der Waals surface area contributed by atoms with Gasteiger partial charge in [-0.1, -0.05) is 25.7 Å². The minimum absolute atomic E-state index is 0.170. The number of nitrogens with zero attached hydrogens (tertiary/aromatic N) is 2. The van der Waals surface area contributed by atoms with E-state index in [1.165, 1.54) is 31.7 Å². The Morgan fingerprint density at radius 1 is 1.04 bits per heavy atom. The highest BCUT2D eigenvalue weighted by Crippen LogP contribution is 2.20. The van der Waals surface area contributed by atoms with Gasteiger partial charge in [-0.2, -0.15) is 0 Å². The molecule has 5 nitrogen and oxygen atoms in total. The Bertz CT molecular complexity index is 789. The quantitative estimate of drug-likeness (QED) is 0.791. The summed E-state index contributed by atoms with van der Waals surface area (Å²) in [5, 5.41) is 5.86. The van der Waals surface area contributed by atoms with Crippen molar-refractivity contribution in [1.29, 1.82) is 0 Å². The van der Waals surface area contributed by atoms with Gasteiger partial charge >= 0.3 is 0 Å². The number of carbonyl (C=O) groups is 1. The van der Waals surface area contributed by atoms with E-state index in [0.29, 0.717) is 17.7 Å². The second-order valence-electron chi connectivity index (χ2n) is 6.63. The van der Waals surface area contributed by atoms with E-state index in [4.69, 9.17) is 0 Å². The van der Waals surface area contributed by atoms with Crippen LogP contribution in [-0.2, 0) is 0 Å². The van der Waals surface area contributed by atoms with Gasteiger partial charge in [0.05, 0.1) is 0 Å². The van der Waals surface area contributed by atoms with Crippen LogP contribution in [0.3, 0.4) is 0 Å². The van der Waals surface area contributed by atoms with Crippen molar-refractivity contribution in [3.8, 4) is 0 Å². The number of aromatic nitrogens is 2. The molecule has 1 fully saturated rings. The zero-order valence-electron chi connectivity index (χ0n) is 14.7. The summed E-state index contributed by atoms with van der Waals surface area (Å²) in [6.07, 6.45) is 6.96. The summed E-state index contributed by atoms with van der Waals surface area (Å²) < 4.78 is 26.3. The van der Waals surface area contributed by atoms with Crippen molar-refractivity contribution in [3.05, 3.63) is 47.3 Å². The van der Waals surface area contributed by atoms with Crippen LogP contribution in [-0.4, -0.2) is 21.9 Å². The van der Waals surface area contributed by atoms with Crippen molar-refractivity contribution < 1.29 is 13.6 Å². The summed E-state index contributed by atoms with van der Waals surface area (Å²) >= 11 is 0. The summed E-state index contributed by atoms with van der Waals surface area (Å²) in [4.78, 5) is 21.1. The van der Waals surface area contributed by atoms with E-state index in [2.05, 4.69) is 20.6 Å². The molecule has 1 aliphatic carbocycles. The predicted molar refractivity (Wildman–Crippen MR) is 96.2 cm³/mol. The van der Waals surface area contributed by atoms with Crippen molar-refractivity contribution in [1.82, 2.24) is 9.97 Å². The van der Waals surface area contributed by atoms with Gasteiger partial charge < -0.3 is 10.6 Å². The zero-order valence-corrected chi connectivity index (χ0v) is 14.7. The van der Waals surface area contributed by atoms with Crippen molar-refractivity contribution >= 4 is 17.5 Å². The lowest BCUT2D eigenvalue weighted by Gasteiger charge is -2.17. The molecule has 2 N–H and O–H groups in total. The highest BCUT2D eigenvalue weighted by molar-refractivity contribution is 6.03. The fourth-order valence-corrected chi connectivity index (χ4v) is 3.12. The van der Waals surface area contributed by atoms with Crippen LogP contribution >= 0.6 is 0 Å². The Hall–Kier alpha value is -2.57. The third kappa shape index (κ3) is 4.74. The number of anilines is 2. The SMILES string of the molecule is Cc1cc(C(=O)Nc2ccc(F)c(F)c2)nc(NC2CCCCCC2)n1. The number of hydrogen-bond acceptors (Lipinski definition) is 4. The Kier molecular flexibility index (Phi) is 5.75. The first kappa shape index (κ1) is 18.2. The zero-order chi connectivity index (χ0) is 18.5. The maximum Gasteiger partial charge on any atom is 0.274 e. The van der Waals surface area contributed by atoms with Gasteiger partial charge in [-0.05, 0) is 38.0 Å². The maximum absolute atomic E-state index is 13.3. The van der Waals surface area contributed by atoms with E-state index >= 15 is 0 Å². The third-order valence-electron chi connectivity index (χ3n) is 4.45. The molecule has 1 amide bonds. The number of carbonyl (C=O) groups excluding carboxylic acids is 1. The lowest BCUT2D eigenvalue weighted by Crippen LogP contribution is -2.22. The molecule has 3 rings (SSSR count). The van der Waals surface area contributed by atoms with Gasteiger partial charge in [0.15, 0.2) is 11.6 Å². The maximum atomic E-state index is 13.3. The molecule has 1 aromatic carbocycles. The van der Waals surface area contributed by atoms with Gasteiger partial charge in [-0.15, -0.1) is 0 Å². The second kappa shape index (κ2) is 8.21. The summed E-state index contributed by atoms with van der Waals surface area (Å²) in [5.41, 5.74) is 1.01. The van der Waals surface area contributed by atoms with Crippen LogP contribution in [0.25, 0.3) is 0 Å². The minimum atomic E-state index is -1.02. The molecular formula is C19H22F2N4O. The van der Waals surface area contributed by atoms with E-state index in [1.807, 2.05) is 0 Å². The highest BCUT2D eigenvalue weighted by atomic mass is 19.2. The summed E-state index contributed by atoms with van der Waals surface area (Å²) in [7, 11) is 0. The molecule has 0 aliphatic heterocycles. The Balaban J connectivity index is 1.73. The van der Waals surface area contributed by atoms with E-state index in [1.54, 1.807) is 13.0 Å². The van der Waals surface area contributed by atoms with E-state index in [0.717, 1.165) is 25.0 Å². The third-order valence-corrected chi connectivity index (χ3v) is 4.45. The fraction of sp³-hybridized carbons (Fsp3) is 0.421. The topological polar surface area (TPSA) is 66.9 Å². The Labute approximate surface area is 151 Å². The van der Waals surface area contributed by atoms with Crippen molar-refractivity contribution in [2.45, 2.75) is 51.5 Å². The normalized spacial score (nSPS) is 15.3. The first-order valence-electron chi connectivity index (χ1n) is 8.90. The van der Waals surface area contributed by atoms with Crippen LogP contribution in [0, 0.1) is 18.6 Å². The van der Waals surface area contributed by atoms with Crippen LogP contribution in [0.15, 0.2) is 24.3 Å². The molecule has 7 heteroatoms. The Morgan fingerprint density at radius 3 is 2.46 bits per heavy atom. The molecule has 0 spiro atoms. The average Bonchev–Trinajstić information content (AvgIpc) is 2.86. The van der Waals surface area contributed by atoms with Crippen molar-refractivity contribution in [2.75, 3.05) is 10.6 Å². The van der Waals surface area contributed by atoms with Gasteiger partial charge in [0.1, 0.15) is 5.69 Å². The molecule has 1 aliphatic rings. The van der Waals surface area contributed by atoms with E-state index < -0.39 is 17.5 Å². The van der Waals surface area contributed by atoms with Gasteiger partial charge in [-0.25, -0.2) is 18.7 Å². The average molecular weight is 360 g/mol. The molecule has 138 valence electrons. The molecule has 1 saturated carbocycles. The molecule has 0 unspecified atom stereocenters. The summed E-state index contributed by atoms with van der Waals surface area (Å²) in [6, 6.07) is 5.07. The number of nitrogens with one attached hydrogen (secondary N) is 2. The molecule has 0 radical (unpaired) electrons. The number of amides is 1. The number of halogens is 2. The first-order valence-corrected chi connectivity index (χ1v) is 8.90. The standard InChI is InChI=1S/C19H22F2N4O/c1-12-10-17(18(26)23-14-8-9-15(20)16(21)11-14)25-19(22-12)24-13-6-4-2-3-5-7-13/h8-11,13H,2-7H2,1H3,(H,23,26)(H,22,24,25). The largest absolute Gasteiger partial charge is 0.351 e. The number of aryl methyl sites for hydroxylation is 1. The molecule has 2 aromatic rings. The number of rotatable bonds is 4. The van der Waals surface area contributed by atoms with Gasteiger partial charge in [0, 0.05) is 23.5 Å². The van der Waals surface area contributed by atoms with Crippen LogP contribution < -0.4 is 10.6 Å². The molecule has 0 bridgehead atoms. The van der Waals surface area contributed by atoms with Gasteiger partial charge in [0.25, 0.3) is 5.91 Å². The number of benzene rings is 1. The summed E-state index contributed by atoms with van der Waals surface area (Å²) in [5.74, 6) is -2.05. The minimum Gasteiger partial charge on any atom is -0.351 e. The molecule has 0 saturated heterocycles. The monoisotopic (exact) mass is 360 g/mol. The first-order chi connectivity index (χ1) is 12.5. The van der Waals surface area contributed by atoms with Gasteiger partial charge in [0.2, 0.25) is 5.95 Å². The van der Waals surface area contributed by atoms with Gasteiger partial charge in [-0.3, -0.25) is 4.79 Å². The number of hydrogen-bond donors (Lipinski definition) is 2. The smallest absolute Gasteiger partial charge is 0.274 e. The lowest BCUT2D eigenvalue weighted by molar-refractivity contribution is 0.102. The van der Waals surface area contributed by atoms with Crippen molar-refractivity contribution in [3.63, 3.8) is 0 Å². The lowest BCUT2D eigenvalue weighted by atomic mass is 10.1. The van der Waals surface area contributed by atoms with Crippen LogP contribution in [0.5, 0.6) is 0 Å². The molecule has 1 aromatic heterocycles. The van der Waals surface area contributed by atoms with Crippen LogP contribution in [0.1, 0.15) is 54.7 Å².